The van der Waals surface area contributed by atoms with Crippen molar-refractivity contribution < 1.29 is 0 Å². The number of hydrogen-bond acceptors (Lipinski definition) is 3. The van der Waals surface area contributed by atoms with Crippen LogP contribution in [0.1, 0.15) is 31.9 Å². The van der Waals surface area contributed by atoms with Crippen LogP contribution < -0.4 is 5.32 Å². The Balaban J connectivity index is 2.39. The molecule has 17 heavy (non-hydrogen) atoms. The third-order valence-corrected chi connectivity index (χ3v) is 4.45. The molecular weight excluding hydrogens is 246 g/mol. The van der Waals surface area contributed by atoms with Crippen LogP contribution in [0.4, 0.5) is 0 Å². The first kappa shape index (κ1) is 14.9. The first-order chi connectivity index (χ1) is 8.27. The maximum absolute atomic E-state index is 3.43. The Morgan fingerprint density at radius 3 is 2.47 bits per heavy atom. The number of benzene rings is 1. The quantitative estimate of drug-likeness (QED) is 0.561. The molecule has 0 radical (unpaired) electrons. The highest BCUT2D eigenvalue weighted by molar-refractivity contribution is 7.99. The van der Waals surface area contributed by atoms with Crippen molar-refractivity contribution in [2.24, 2.45) is 0 Å². The maximum atomic E-state index is 3.43. The fourth-order valence-electron chi connectivity index (χ4n) is 1.67. The summed E-state index contributed by atoms with van der Waals surface area (Å²) in [6.07, 6.45) is 3.46. The maximum Gasteiger partial charge on any atom is 0.0291 e. The van der Waals surface area contributed by atoms with E-state index in [-0.39, 0.29) is 0 Å². The molecule has 0 saturated carbocycles. The predicted molar refractivity (Wildman–Crippen MR) is 82.3 cm³/mol. The smallest absolute Gasteiger partial charge is 0.0291 e. The first-order valence-corrected chi connectivity index (χ1v) is 8.61. The van der Waals surface area contributed by atoms with Crippen molar-refractivity contribution in [2.45, 2.75) is 31.2 Å². The van der Waals surface area contributed by atoms with E-state index >= 15 is 0 Å². The fourth-order valence-corrected chi connectivity index (χ4v) is 3.14. The molecule has 3 heteroatoms. The molecule has 1 aromatic rings. The number of rotatable bonds is 8. The lowest BCUT2D eigenvalue weighted by Gasteiger charge is -2.13. The Kier molecular flexibility index (Phi) is 7.82. The molecule has 0 heterocycles. The fraction of sp³-hybridized carbons (Fsp3) is 0.571. The van der Waals surface area contributed by atoms with Gasteiger partial charge in [-0.1, -0.05) is 19.1 Å². The summed E-state index contributed by atoms with van der Waals surface area (Å²) in [4.78, 5) is 1.39. The molecule has 1 aromatic carbocycles. The molecule has 0 aliphatic carbocycles. The van der Waals surface area contributed by atoms with Gasteiger partial charge in [-0.25, -0.2) is 0 Å². The third-order valence-electron chi connectivity index (χ3n) is 2.65. The molecule has 0 amide bonds. The van der Waals surface area contributed by atoms with Gasteiger partial charge in [-0.15, -0.1) is 11.8 Å². The molecule has 0 aliphatic rings. The molecule has 0 bridgehead atoms. The zero-order chi connectivity index (χ0) is 12.5. The van der Waals surface area contributed by atoms with Gasteiger partial charge in [0.2, 0.25) is 0 Å². The Labute approximate surface area is 114 Å². The standard InChI is InChI=1S/C14H23NS2/c1-4-15-12(2)13-6-8-14(9-7-13)17-11-5-10-16-3/h6-9,12,15H,4-5,10-11H2,1-3H3. The summed E-state index contributed by atoms with van der Waals surface area (Å²) in [5.74, 6) is 2.49. The summed E-state index contributed by atoms with van der Waals surface area (Å²) in [6, 6.07) is 9.42. The number of hydrogen-bond donors (Lipinski definition) is 1. The summed E-state index contributed by atoms with van der Waals surface area (Å²) in [5.41, 5.74) is 1.38. The zero-order valence-electron chi connectivity index (χ0n) is 11.0. The van der Waals surface area contributed by atoms with Gasteiger partial charge in [0, 0.05) is 10.9 Å². The van der Waals surface area contributed by atoms with E-state index in [4.69, 9.17) is 0 Å². The largest absolute Gasteiger partial charge is 0.310 e. The minimum atomic E-state index is 0.454. The summed E-state index contributed by atoms with van der Waals surface area (Å²) >= 11 is 3.89. The Morgan fingerprint density at radius 1 is 1.18 bits per heavy atom. The van der Waals surface area contributed by atoms with Gasteiger partial charge in [-0.2, -0.15) is 11.8 Å². The van der Waals surface area contributed by atoms with E-state index in [1.54, 1.807) is 0 Å². The molecule has 1 unspecified atom stereocenters. The zero-order valence-corrected chi connectivity index (χ0v) is 12.7. The average molecular weight is 269 g/mol. The van der Waals surface area contributed by atoms with Crippen LogP contribution in [0.25, 0.3) is 0 Å². The molecule has 1 nitrogen and oxygen atoms in total. The van der Waals surface area contributed by atoms with Gasteiger partial charge >= 0.3 is 0 Å². The normalized spacial score (nSPS) is 12.6. The molecule has 0 spiro atoms. The Bertz CT molecular complexity index is 298. The van der Waals surface area contributed by atoms with Crippen molar-refractivity contribution in [3.05, 3.63) is 29.8 Å². The Morgan fingerprint density at radius 2 is 1.88 bits per heavy atom. The second-order valence-corrected chi connectivity index (χ2v) is 6.20. The summed E-state index contributed by atoms with van der Waals surface area (Å²) in [5, 5.41) is 3.43. The van der Waals surface area contributed by atoms with Crippen LogP contribution in [0.3, 0.4) is 0 Å². The van der Waals surface area contributed by atoms with Crippen LogP contribution in [0.2, 0.25) is 0 Å². The molecule has 1 atom stereocenters. The van der Waals surface area contributed by atoms with E-state index < -0.39 is 0 Å². The lowest BCUT2D eigenvalue weighted by Crippen LogP contribution is -2.17. The third kappa shape index (κ3) is 5.84. The van der Waals surface area contributed by atoms with Gasteiger partial charge in [0.25, 0.3) is 0 Å². The van der Waals surface area contributed by atoms with Crippen molar-refractivity contribution in [3.8, 4) is 0 Å². The molecule has 0 fully saturated rings. The van der Waals surface area contributed by atoms with Crippen LogP contribution in [-0.2, 0) is 0 Å². The van der Waals surface area contributed by atoms with Gasteiger partial charge < -0.3 is 5.32 Å². The van der Waals surface area contributed by atoms with E-state index in [1.807, 2.05) is 23.5 Å². The highest BCUT2D eigenvalue weighted by Gasteiger charge is 2.03. The Hall–Kier alpha value is -0.120. The number of nitrogens with one attached hydrogen (secondary N) is 1. The molecular formula is C14H23NS2. The summed E-state index contributed by atoms with van der Waals surface area (Å²) < 4.78 is 0. The van der Waals surface area contributed by atoms with E-state index in [9.17, 15) is 0 Å². The topological polar surface area (TPSA) is 12.0 Å². The van der Waals surface area contributed by atoms with Gasteiger partial charge in [-0.3, -0.25) is 0 Å². The van der Waals surface area contributed by atoms with Crippen LogP contribution in [-0.4, -0.2) is 24.3 Å². The van der Waals surface area contributed by atoms with Gasteiger partial charge in [0.05, 0.1) is 0 Å². The van der Waals surface area contributed by atoms with Crippen molar-refractivity contribution in [3.63, 3.8) is 0 Å². The van der Waals surface area contributed by atoms with Crippen LogP contribution in [0.5, 0.6) is 0 Å². The molecule has 96 valence electrons. The molecule has 0 aromatic heterocycles. The molecule has 1 N–H and O–H groups in total. The minimum Gasteiger partial charge on any atom is -0.310 e. The van der Waals surface area contributed by atoms with Crippen molar-refractivity contribution in [1.29, 1.82) is 0 Å². The van der Waals surface area contributed by atoms with E-state index in [2.05, 4.69) is 49.7 Å². The number of thioether (sulfide) groups is 2. The van der Waals surface area contributed by atoms with E-state index in [1.165, 1.54) is 28.4 Å². The van der Waals surface area contributed by atoms with Crippen molar-refractivity contribution >= 4 is 23.5 Å². The summed E-state index contributed by atoms with van der Waals surface area (Å²) in [6.45, 7) is 5.38. The SMILES string of the molecule is CCNC(C)c1ccc(SCCCSC)cc1. The molecule has 1 rings (SSSR count). The van der Waals surface area contributed by atoms with Gasteiger partial charge in [0.15, 0.2) is 0 Å². The lowest BCUT2D eigenvalue weighted by molar-refractivity contribution is 0.598. The van der Waals surface area contributed by atoms with Gasteiger partial charge in [-0.05, 0) is 55.3 Å². The highest BCUT2D eigenvalue weighted by atomic mass is 32.2. The molecule has 0 saturated heterocycles. The predicted octanol–water partition coefficient (Wildman–Crippen LogP) is 4.20. The second kappa shape index (κ2) is 8.90. The van der Waals surface area contributed by atoms with E-state index in [0.717, 1.165) is 6.54 Å². The monoisotopic (exact) mass is 269 g/mol. The summed E-state index contributed by atoms with van der Waals surface area (Å²) in [7, 11) is 0. The minimum absolute atomic E-state index is 0.454. The van der Waals surface area contributed by atoms with Crippen molar-refractivity contribution in [2.75, 3.05) is 24.3 Å². The average Bonchev–Trinajstić information content (AvgIpc) is 2.36. The van der Waals surface area contributed by atoms with Crippen LogP contribution in [0.15, 0.2) is 29.2 Å². The van der Waals surface area contributed by atoms with Crippen LogP contribution >= 0.6 is 23.5 Å². The van der Waals surface area contributed by atoms with Crippen LogP contribution in [0, 0.1) is 0 Å². The van der Waals surface area contributed by atoms with Crippen molar-refractivity contribution in [1.82, 2.24) is 5.32 Å². The lowest BCUT2D eigenvalue weighted by atomic mass is 10.1. The highest BCUT2D eigenvalue weighted by Crippen LogP contribution is 2.22. The first-order valence-electron chi connectivity index (χ1n) is 6.23. The van der Waals surface area contributed by atoms with Gasteiger partial charge in [0.1, 0.15) is 0 Å². The van der Waals surface area contributed by atoms with E-state index in [0.29, 0.717) is 6.04 Å². The molecule has 0 aliphatic heterocycles. The second-order valence-electron chi connectivity index (χ2n) is 4.04.